The van der Waals surface area contributed by atoms with E-state index in [1.165, 1.54) is 0 Å². The first-order valence-corrected chi connectivity index (χ1v) is 22.3. The second kappa shape index (κ2) is 17.8. The number of azo groups is 3. The van der Waals surface area contributed by atoms with Crippen molar-refractivity contribution in [3.8, 4) is 23.0 Å². The molecule has 0 unspecified atom stereocenters. The molecule has 0 aromatic heterocycles. The molecule has 0 fully saturated rings. The lowest BCUT2D eigenvalue weighted by Gasteiger charge is -2.18. The minimum atomic E-state index is -0.0310. The Bertz CT molecular complexity index is 3510. The molecular formula is C58H42N6O4. The van der Waals surface area contributed by atoms with Crippen LogP contribution in [0, 0.1) is 0 Å². The van der Waals surface area contributed by atoms with Crippen LogP contribution in [-0.4, -0.2) is 20.4 Å². The number of rotatable bonds is 6. The first kappa shape index (κ1) is 41.7. The number of aromatic hydroxyl groups is 4. The number of para-hydroxylation sites is 1. The third-order valence-electron chi connectivity index (χ3n) is 12.6. The number of phenolic OH excluding ortho intramolecular Hbond substituents is 4. The Kier molecular flexibility index (Phi) is 10.9. The molecule has 11 rings (SSSR count). The van der Waals surface area contributed by atoms with Gasteiger partial charge in [0, 0.05) is 75.2 Å². The van der Waals surface area contributed by atoms with Gasteiger partial charge in [-0.05, 0) is 81.9 Å². The lowest BCUT2D eigenvalue weighted by atomic mass is 9.90. The van der Waals surface area contributed by atoms with Gasteiger partial charge in [0.25, 0.3) is 0 Å². The van der Waals surface area contributed by atoms with E-state index in [4.69, 9.17) is 20.5 Å². The van der Waals surface area contributed by atoms with E-state index in [0.29, 0.717) is 78.6 Å². The van der Waals surface area contributed by atoms with Crippen molar-refractivity contribution in [2.75, 3.05) is 0 Å². The Morgan fingerprint density at radius 1 is 0.250 bits per heavy atom. The van der Waals surface area contributed by atoms with Crippen LogP contribution in [0.15, 0.2) is 213 Å². The molecule has 10 aromatic rings. The number of hydrogen-bond acceptors (Lipinski definition) is 10. The van der Waals surface area contributed by atoms with Gasteiger partial charge in [-0.15, -0.1) is 15.3 Å². The summed E-state index contributed by atoms with van der Waals surface area (Å²) in [5.41, 5.74) is 7.47. The molecule has 0 aliphatic heterocycles. The normalized spacial score (nSPS) is 12.8. The molecule has 1 aliphatic carbocycles. The van der Waals surface area contributed by atoms with Gasteiger partial charge in [0.05, 0.1) is 34.1 Å². The van der Waals surface area contributed by atoms with Gasteiger partial charge >= 0.3 is 0 Å². The van der Waals surface area contributed by atoms with Gasteiger partial charge in [-0.2, -0.15) is 15.3 Å². The number of fused-ring (bicyclic) bond motifs is 11. The minimum absolute atomic E-state index is 0.00111. The fraction of sp³-hybridized carbons (Fsp3) is 0.0690. The van der Waals surface area contributed by atoms with E-state index in [9.17, 15) is 20.4 Å². The van der Waals surface area contributed by atoms with Gasteiger partial charge < -0.3 is 20.4 Å². The van der Waals surface area contributed by atoms with Crippen molar-refractivity contribution in [2.45, 2.75) is 25.7 Å². The van der Waals surface area contributed by atoms with Crippen molar-refractivity contribution in [2.24, 2.45) is 30.7 Å². The van der Waals surface area contributed by atoms with E-state index < -0.39 is 0 Å². The van der Waals surface area contributed by atoms with Crippen molar-refractivity contribution in [1.29, 1.82) is 0 Å². The summed E-state index contributed by atoms with van der Waals surface area (Å²) >= 11 is 0. The van der Waals surface area contributed by atoms with Crippen LogP contribution in [0.2, 0.25) is 0 Å². The predicted octanol–water partition coefficient (Wildman–Crippen LogP) is 15.9. The summed E-state index contributed by atoms with van der Waals surface area (Å²) in [5.74, 6) is 0.00488. The predicted molar refractivity (Wildman–Crippen MR) is 268 cm³/mol. The van der Waals surface area contributed by atoms with E-state index >= 15 is 0 Å². The highest BCUT2D eigenvalue weighted by Gasteiger charge is 2.22. The van der Waals surface area contributed by atoms with Crippen LogP contribution >= 0.6 is 0 Å². The lowest BCUT2D eigenvalue weighted by molar-refractivity contribution is 0.450. The zero-order valence-electron chi connectivity index (χ0n) is 36.6. The molecule has 10 aromatic carbocycles. The average Bonchev–Trinajstić information content (AvgIpc) is 3.36. The van der Waals surface area contributed by atoms with Crippen molar-refractivity contribution in [3.63, 3.8) is 0 Å². The van der Waals surface area contributed by atoms with E-state index in [2.05, 4.69) is 10.2 Å². The van der Waals surface area contributed by atoms with Crippen molar-refractivity contribution in [3.05, 3.63) is 226 Å². The van der Waals surface area contributed by atoms with Crippen LogP contribution in [0.3, 0.4) is 0 Å². The summed E-state index contributed by atoms with van der Waals surface area (Å²) in [6, 6.07) is 57.6. The van der Waals surface area contributed by atoms with E-state index in [0.717, 1.165) is 32.3 Å². The Labute approximate surface area is 391 Å². The van der Waals surface area contributed by atoms with Gasteiger partial charge in [0.1, 0.15) is 23.0 Å². The van der Waals surface area contributed by atoms with Crippen LogP contribution in [0.1, 0.15) is 44.5 Å². The molecule has 0 saturated heterocycles. The Morgan fingerprint density at radius 2 is 0.500 bits per heavy atom. The molecule has 4 N–H and O–H groups in total. The van der Waals surface area contributed by atoms with Gasteiger partial charge in [0.2, 0.25) is 0 Å². The van der Waals surface area contributed by atoms with Crippen molar-refractivity contribution >= 4 is 66.4 Å². The number of hydrogen-bond donors (Lipinski definition) is 4. The number of nitrogens with zero attached hydrogens (tertiary/aromatic N) is 6. The highest BCUT2D eigenvalue weighted by molar-refractivity contribution is 5.94. The summed E-state index contributed by atoms with van der Waals surface area (Å²) in [6.07, 6.45) is 0.414. The molecular weight excluding hydrogens is 845 g/mol. The van der Waals surface area contributed by atoms with Crippen molar-refractivity contribution in [1.82, 2.24) is 0 Å². The number of phenols is 4. The second-order valence-corrected chi connectivity index (χ2v) is 17.1. The van der Waals surface area contributed by atoms with Crippen molar-refractivity contribution < 1.29 is 20.4 Å². The largest absolute Gasteiger partial charge is 0.507 e. The molecule has 328 valence electrons. The molecule has 0 heterocycles. The standard InChI is InChI=1S/C58H42N6O4/c65-55-38-17-7-18-39(55)26-41-30-47(60-63-53-23-9-15-36-12-2-5-20-50(36)53)32-43(57(41)67)28-45-34-48(61-64-54-24-10-16-37-13-3-6-21-51(37)54)33-44(58(45)68)27-42-31-46(29-40(25-38)56(42)66)59-62-52-22-8-14-35-11-1-4-19-49(35)52/h1-24,29-34,65-68H,25-28H2. The average molecular weight is 887 g/mol. The third-order valence-corrected chi connectivity index (χ3v) is 12.6. The fourth-order valence-electron chi connectivity index (χ4n) is 9.18. The highest BCUT2D eigenvalue weighted by atomic mass is 16.3. The van der Waals surface area contributed by atoms with Crippen LogP contribution in [0.4, 0.5) is 34.1 Å². The molecule has 0 radical (unpaired) electrons. The van der Waals surface area contributed by atoms with Gasteiger partial charge in [-0.1, -0.05) is 127 Å². The first-order valence-electron chi connectivity index (χ1n) is 22.3. The quantitative estimate of drug-likeness (QED) is 0.123. The summed E-state index contributed by atoms with van der Waals surface area (Å²) in [5, 5.41) is 82.6. The summed E-state index contributed by atoms with van der Waals surface area (Å²) < 4.78 is 0. The van der Waals surface area contributed by atoms with Crippen LogP contribution in [-0.2, 0) is 25.7 Å². The Balaban J connectivity index is 1.07. The molecule has 0 atom stereocenters. The molecule has 1 aliphatic rings. The fourth-order valence-corrected chi connectivity index (χ4v) is 9.18. The van der Waals surface area contributed by atoms with E-state index in [-0.39, 0.29) is 48.7 Å². The van der Waals surface area contributed by atoms with Crippen LogP contribution < -0.4 is 0 Å². The SMILES string of the molecule is Oc1c2cccc1Cc1cc(N=Nc3cccc4ccccc34)cc(c1O)Cc1cc(N=Nc3cccc4ccccc34)cc(c1O)Cc1cc(N=Nc3cccc4ccccc34)cc(c1O)C2. The monoisotopic (exact) mass is 886 g/mol. The van der Waals surface area contributed by atoms with Gasteiger partial charge in [0.15, 0.2) is 0 Å². The van der Waals surface area contributed by atoms with Crippen LogP contribution in [0.5, 0.6) is 23.0 Å². The maximum atomic E-state index is 12.3. The Morgan fingerprint density at radius 3 is 0.824 bits per heavy atom. The molecule has 0 amide bonds. The maximum Gasteiger partial charge on any atom is 0.122 e. The van der Waals surface area contributed by atoms with Gasteiger partial charge in [-0.25, -0.2) is 0 Å². The molecule has 0 spiro atoms. The summed E-state index contributed by atoms with van der Waals surface area (Å²) in [6.45, 7) is 0. The second-order valence-electron chi connectivity index (χ2n) is 17.1. The Hall–Kier alpha value is -9.02. The molecule has 0 saturated carbocycles. The van der Waals surface area contributed by atoms with E-state index in [1.807, 2.05) is 146 Å². The molecule has 8 bridgehead atoms. The third kappa shape index (κ3) is 8.27. The van der Waals surface area contributed by atoms with E-state index in [1.54, 1.807) is 36.4 Å². The number of benzene rings is 10. The minimum Gasteiger partial charge on any atom is -0.507 e. The topological polar surface area (TPSA) is 155 Å². The molecule has 10 nitrogen and oxygen atoms in total. The zero-order valence-corrected chi connectivity index (χ0v) is 36.6. The highest BCUT2D eigenvalue weighted by Crippen LogP contribution is 2.42. The smallest absolute Gasteiger partial charge is 0.122 e. The summed E-state index contributed by atoms with van der Waals surface area (Å²) in [4.78, 5) is 0. The lowest BCUT2D eigenvalue weighted by Crippen LogP contribution is -2.01. The zero-order chi connectivity index (χ0) is 46.1. The maximum absolute atomic E-state index is 12.3. The van der Waals surface area contributed by atoms with Crippen LogP contribution in [0.25, 0.3) is 32.3 Å². The molecule has 10 heteroatoms. The molecule has 68 heavy (non-hydrogen) atoms. The first-order chi connectivity index (χ1) is 33.3. The summed E-state index contributed by atoms with van der Waals surface area (Å²) in [7, 11) is 0. The van der Waals surface area contributed by atoms with Gasteiger partial charge in [-0.3, -0.25) is 0 Å².